The molecule has 1 aliphatic rings. The summed E-state index contributed by atoms with van der Waals surface area (Å²) in [7, 11) is 0. The van der Waals surface area contributed by atoms with E-state index >= 15 is 0 Å². The summed E-state index contributed by atoms with van der Waals surface area (Å²) >= 11 is 7.27. The predicted molar refractivity (Wildman–Crippen MR) is 103 cm³/mol. The Labute approximate surface area is 158 Å². The number of hydrogen-bond acceptors (Lipinski definition) is 5. The molecule has 0 radical (unpaired) electrons. The summed E-state index contributed by atoms with van der Waals surface area (Å²) in [6.45, 7) is 7.04. The van der Waals surface area contributed by atoms with Gasteiger partial charge in [0.15, 0.2) is 5.96 Å². The summed E-state index contributed by atoms with van der Waals surface area (Å²) in [6.07, 6.45) is 1.37. The first-order valence-corrected chi connectivity index (χ1v) is 9.99. The van der Waals surface area contributed by atoms with Crippen LogP contribution < -0.4 is 10.6 Å². The van der Waals surface area contributed by atoms with E-state index in [2.05, 4.69) is 15.6 Å². The van der Waals surface area contributed by atoms with Gasteiger partial charge in [-0.3, -0.25) is 4.99 Å². The molecule has 6 nitrogen and oxygen atoms in total. The third kappa shape index (κ3) is 7.92. The van der Waals surface area contributed by atoms with Crippen LogP contribution >= 0.6 is 22.9 Å². The number of aliphatic hydroxyl groups is 1. The molecule has 25 heavy (non-hydrogen) atoms. The topological polar surface area (TPSA) is 75.1 Å². The van der Waals surface area contributed by atoms with E-state index in [-0.39, 0.29) is 0 Å². The van der Waals surface area contributed by atoms with Crippen LogP contribution in [-0.4, -0.2) is 57.1 Å². The number of ether oxygens (including phenoxy) is 2. The van der Waals surface area contributed by atoms with Crippen molar-refractivity contribution in [2.75, 3.05) is 46.1 Å². The van der Waals surface area contributed by atoms with Crippen LogP contribution in [0.25, 0.3) is 0 Å². The minimum atomic E-state index is -0.634. The van der Waals surface area contributed by atoms with Crippen molar-refractivity contribution in [3.8, 4) is 0 Å². The SMILES string of the molecule is CCNC(=NCC(O)c1ccc(Cl)s1)NCCCOCC1CCOC1. The first kappa shape index (κ1) is 20.5. The molecule has 2 heterocycles. The number of rotatable bonds is 10. The Kier molecular flexibility index (Phi) is 9.57. The summed E-state index contributed by atoms with van der Waals surface area (Å²) in [5.74, 6) is 1.26. The maximum absolute atomic E-state index is 10.2. The van der Waals surface area contributed by atoms with E-state index in [9.17, 15) is 5.11 Å². The Morgan fingerprint density at radius 2 is 2.40 bits per heavy atom. The van der Waals surface area contributed by atoms with Crippen molar-refractivity contribution in [1.29, 1.82) is 0 Å². The lowest BCUT2D eigenvalue weighted by Crippen LogP contribution is -2.38. The van der Waals surface area contributed by atoms with Crippen molar-refractivity contribution in [1.82, 2.24) is 10.6 Å². The van der Waals surface area contributed by atoms with E-state index in [4.69, 9.17) is 21.1 Å². The van der Waals surface area contributed by atoms with Gasteiger partial charge in [-0.2, -0.15) is 0 Å². The fraction of sp³-hybridized carbons (Fsp3) is 0.706. The zero-order valence-corrected chi connectivity index (χ0v) is 16.2. The second-order valence-corrected chi connectivity index (χ2v) is 7.71. The number of hydrogen-bond donors (Lipinski definition) is 3. The van der Waals surface area contributed by atoms with Crippen molar-refractivity contribution in [2.24, 2.45) is 10.9 Å². The lowest BCUT2D eigenvalue weighted by molar-refractivity contribution is 0.0888. The first-order valence-electron chi connectivity index (χ1n) is 8.80. The number of nitrogens with one attached hydrogen (secondary N) is 2. The van der Waals surface area contributed by atoms with E-state index in [0.717, 1.165) is 57.2 Å². The highest BCUT2D eigenvalue weighted by atomic mass is 35.5. The second kappa shape index (κ2) is 11.7. The van der Waals surface area contributed by atoms with Gasteiger partial charge >= 0.3 is 0 Å². The van der Waals surface area contributed by atoms with Crippen LogP contribution in [0, 0.1) is 5.92 Å². The highest BCUT2D eigenvalue weighted by Crippen LogP contribution is 2.26. The van der Waals surface area contributed by atoms with Crippen LogP contribution in [0.15, 0.2) is 17.1 Å². The van der Waals surface area contributed by atoms with Crippen LogP contribution in [0.5, 0.6) is 0 Å². The molecular formula is C17H28ClN3O3S. The fourth-order valence-electron chi connectivity index (χ4n) is 2.46. The number of thiophene rings is 1. The molecule has 142 valence electrons. The molecule has 8 heteroatoms. The zero-order valence-electron chi connectivity index (χ0n) is 14.7. The Bertz CT molecular complexity index is 521. The minimum absolute atomic E-state index is 0.296. The fourth-order valence-corrected chi connectivity index (χ4v) is 3.50. The van der Waals surface area contributed by atoms with E-state index in [1.54, 1.807) is 6.07 Å². The number of halogens is 1. The normalized spacial score (nSPS) is 19.2. The maximum atomic E-state index is 10.2. The van der Waals surface area contributed by atoms with Gasteiger partial charge in [0.25, 0.3) is 0 Å². The largest absolute Gasteiger partial charge is 0.386 e. The van der Waals surface area contributed by atoms with Crippen molar-refractivity contribution in [3.05, 3.63) is 21.3 Å². The molecule has 2 atom stereocenters. The smallest absolute Gasteiger partial charge is 0.191 e. The standard InChI is InChI=1S/C17H28ClN3O3S/c1-2-19-17(21-10-14(22)15-4-5-16(18)25-15)20-7-3-8-23-11-13-6-9-24-12-13/h4-5,13-14,22H,2-3,6-12H2,1H3,(H2,19,20,21). The third-order valence-corrected chi connectivity index (χ3v) is 5.16. The molecule has 1 fully saturated rings. The summed E-state index contributed by atoms with van der Waals surface area (Å²) in [5.41, 5.74) is 0. The van der Waals surface area contributed by atoms with Crippen molar-refractivity contribution < 1.29 is 14.6 Å². The van der Waals surface area contributed by atoms with Crippen LogP contribution in [-0.2, 0) is 9.47 Å². The van der Waals surface area contributed by atoms with Crippen LogP contribution in [0.4, 0.5) is 0 Å². The van der Waals surface area contributed by atoms with Gasteiger partial charge < -0.3 is 25.2 Å². The Morgan fingerprint density at radius 1 is 1.52 bits per heavy atom. The summed E-state index contributed by atoms with van der Waals surface area (Å²) < 4.78 is 11.7. The van der Waals surface area contributed by atoms with E-state index in [1.807, 2.05) is 13.0 Å². The molecule has 0 amide bonds. The molecule has 0 saturated carbocycles. The number of aliphatic hydroxyl groups excluding tert-OH is 1. The van der Waals surface area contributed by atoms with Gasteiger partial charge in [-0.1, -0.05) is 11.6 Å². The molecule has 0 aromatic carbocycles. The number of aliphatic imine (C=N–C) groups is 1. The molecule has 1 saturated heterocycles. The Morgan fingerprint density at radius 3 is 3.08 bits per heavy atom. The van der Waals surface area contributed by atoms with Crippen molar-refractivity contribution in [3.63, 3.8) is 0 Å². The van der Waals surface area contributed by atoms with Crippen LogP contribution in [0.2, 0.25) is 4.34 Å². The van der Waals surface area contributed by atoms with Gasteiger partial charge in [-0.25, -0.2) is 0 Å². The summed E-state index contributed by atoms with van der Waals surface area (Å²) in [4.78, 5) is 5.26. The molecule has 2 unspecified atom stereocenters. The van der Waals surface area contributed by atoms with Crippen molar-refractivity contribution >= 4 is 28.9 Å². The average molecular weight is 390 g/mol. The van der Waals surface area contributed by atoms with Gasteiger partial charge in [0, 0.05) is 37.1 Å². The average Bonchev–Trinajstić information content (AvgIpc) is 3.27. The Balaban J connectivity index is 1.63. The number of guanidine groups is 1. The second-order valence-electron chi connectivity index (χ2n) is 5.96. The van der Waals surface area contributed by atoms with Gasteiger partial charge in [-0.15, -0.1) is 11.3 Å². The first-order chi connectivity index (χ1) is 12.2. The van der Waals surface area contributed by atoms with Crippen molar-refractivity contribution in [2.45, 2.75) is 25.9 Å². The molecule has 0 aliphatic carbocycles. The lowest BCUT2D eigenvalue weighted by atomic mass is 10.1. The molecule has 0 bridgehead atoms. The monoisotopic (exact) mass is 389 g/mol. The minimum Gasteiger partial charge on any atom is -0.386 e. The molecule has 2 rings (SSSR count). The number of nitrogens with zero attached hydrogens (tertiary/aromatic N) is 1. The molecule has 0 spiro atoms. The lowest BCUT2D eigenvalue weighted by Gasteiger charge is -2.13. The third-order valence-electron chi connectivity index (χ3n) is 3.82. The molecular weight excluding hydrogens is 362 g/mol. The molecule has 3 N–H and O–H groups in total. The van der Waals surface area contributed by atoms with Gasteiger partial charge in [0.1, 0.15) is 6.10 Å². The quantitative estimate of drug-likeness (QED) is 0.325. The summed E-state index contributed by atoms with van der Waals surface area (Å²) in [6, 6.07) is 3.62. The highest BCUT2D eigenvalue weighted by Gasteiger charge is 2.15. The van der Waals surface area contributed by atoms with E-state index in [0.29, 0.717) is 22.8 Å². The van der Waals surface area contributed by atoms with Crippen LogP contribution in [0.3, 0.4) is 0 Å². The summed E-state index contributed by atoms with van der Waals surface area (Å²) in [5, 5.41) is 16.6. The predicted octanol–water partition coefficient (Wildman–Crippen LogP) is 2.43. The van der Waals surface area contributed by atoms with Gasteiger partial charge in [0.05, 0.1) is 24.1 Å². The van der Waals surface area contributed by atoms with Gasteiger partial charge in [0.2, 0.25) is 0 Å². The van der Waals surface area contributed by atoms with Crippen LogP contribution in [0.1, 0.15) is 30.7 Å². The maximum Gasteiger partial charge on any atom is 0.191 e. The zero-order chi connectivity index (χ0) is 17.9. The molecule has 1 aliphatic heterocycles. The Hall–Kier alpha value is -0.860. The molecule has 1 aromatic heterocycles. The highest BCUT2D eigenvalue weighted by molar-refractivity contribution is 7.16. The van der Waals surface area contributed by atoms with E-state index in [1.165, 1.54) is 11.3 Å². The molecule has 1 aromatic rings. The van der Waals surface area contributed by atoms with Gasteiger partial charge in [-0.05, 0) is 31.9 Å². The van der Waals surface area contributed by atoms with E-state index < -0.39 is 6.10 Å².